The molecule has 0 spiro atoms. The van der Waals surface area contributed by atoms with Crippen molar-refractivity contribution in [2.45, 2.75) is 27.2 Å². The van der Waals surface area contributed by atoms with E-state index in [1.165, 1.54) is 0 Å². The highest BCUT2D eigenvalue weighted by molar-refractivity contribution is 4.83. The zero-order chi connectivity index (χ0) is 8.20. The lowest BCUT2D eigenvalue weighted by molar-refractivity contribution is 0.417. The quantitative estimate of drug-likeness (QED) is 0.571. The lowest BCUT2D eigenvalue weighted by Gasteiger charge is -2.15. The second-order valence-electron chi connectivity index (χ2n) is 4.11. The molecule has 0 aromatic carbocycles. The van der Waals surface area contributed by atoms with E-state index in [-0.39, 0.29) is 0 Å². The Morgan fingerprint density at radius 1 is 1.20 bits per heavy atom. The van der Waals surface area contributed by atoms with Crippen molar-refractivity contribution >= 4 is 0 Å². The predicted octanol–water partition coefficient (Wildman–Crippen LogP) is 2.50. The average molecular weight is 141 g/mol. The molecule has 0 fully saturated rings. The minimum atomic E-state index is 0.423. The van der Waals surface area contributed by atoms with E-state index in [0.717, 1.165) is 6.42 Å². The van der Waals surface area contributed by atoms with Gasteiger partial charge in [-0.3, -0.25) is 0 Å². The average Bonchev–Trinajstić information content (AvgIpc) is 1.59. The minimum absolute atomic E-state index is 0.423. The highest BCUT2D eigenvalue weighted by Crippen LogP contribution is 2.18. The summed E-state index contributed by atoms with van der Waals surface area (Å²) in [5, 5.41) is 0. The van der Waals surface area contributed by atoms with Gasteiger partial charge in [0.25, 0.3) is 0 Å². The largest absolute Gasteiger partial charge is 0.384 e. The molecule has 0 amide bonds. The minimum Gasteiger partial charge on any atom is -0.384 e. The van der Waals surface area contributed by atoms with Gasteiger partial charge < -0.3 is 4.90 Å². The van der Waals surface area contributed by atoms with Crippen LogP contribution in [0.3, 0.4) is 0 Å². The summed E-state index contributed by atoms with van der Waals surface area (Å²) in [7, 11) is 4.08. The van der Waals surface area contributed by atoms with Crippen LogP contribution in [0.25, 0.3) is 0 Å². The maximum absolute atomic E-state index is 2.24. The van der Waals surface area contributed by atoms with Crippen LogP contribution in [0.1, 0.15) is 27.2 Å². The molecule has 0 aliphatic heterocycles. The number of hydrogen-bond donors (Lipinski definition) is 0. The van der Waals surface area contributed by atoms with E-state index in [2.05, 4.69) is 37.9 Å². The summed E-state index contributed by atoms with van der Waals surface area (Å²) < 4.78 is 0. The van der Waals surface area contributed by atoms with Crippen LogP contribution >= 0.6 is 0 Å². The van der Waals surface area contributed by atoms with Crippen molar-refractivity contribution in [3.8, 4) is 0 Å². The summed E-state index contributed by atoms with van der Waals surface area (Å²) in [5.74, 6) is 0. The van der Waals surface area contributed by atoms with Crippen molar-refractivity contribution in [3.63, 3.8) is 0 Å². The van der Waals surface area contributed by atoms with Gasteiger partial charge in [0.15, 0.2) is 0 Å². The Morgan fingerprint density at radius 3 is 2.00 bits per heavy atom. The molecule has 0 unspecified atom stereocenters. The Kier molecular flexibility index (Phi) is 3.48. The van der Waals surface area contributed by atoms with E-state index in [1.807, 2.05) is 14.1 Å². The van der Waals surface area contributed by atoms with E-state index >= 15 is 0 Å². The molecule has 0 saturated carbocycles. The topological polar surface area (TPSA) is 3.24 Å². The zero-order valence-corrected chi connectivity index (χ0v) is 7.81. The number of allylic oxidation sites excluding steroid dienone is 1. The second-order valence-corrected chi connectivity index (χ2v) is 4.11. The van der Waals surface area contributed by atoms with Gasteiger partial charge in [0.2, 0.25) is 0 Å². The van der Waals surface area contributed by atoms with Crippen LogP contribution < -0.4 is 0 Å². The third-order valence-electron chi connectivity index (χ3n) is 1.13. The molecule has 0 atom stereocenters. The van der Waals surface area contributed by atoms with Gasteiger partial charge in [-0.1, -0.05) is 26.8 Å². The molecule has 0 rings (SSSR count). The second kappa shape index (κ2) is 3.65. The first-order valence-corrected chi connectivity index (χ1v) is 3.75. The van der Waals surface area contributed by atoms with Crippen molar-refractivity contribution in [2.24, 2.45) is 5.41 Å². The van der Waals surface area contributed by atoms with E-state index in [9.17, 15) is 0 Å². The summed E-state index contributed by atoms with van der Waals surface area (Å²) in [6, 6.07) is 0. The van der Waals surface area contributed by atoms with Crippen LogP contribution in [0.2, 0.25) is 0 Å². The molecule has 0 aliphatic carbocycles. The molecule has 60 valence electrons. The first-order chi connectivity index (χ1) is 4.42. The lowest BCUT2D eigenvalue weighted by Crippen LogP contribution is -2.04. The number of rotatable bonds is 2. The number of hydrogen-bond acceptors (Lipinski definition) is 1. The van der Waals surface area contributed by atoms with Crippen LogP contribution in [0.4, 0.5) is 0 Å². The molecule has 0 heterocycles. The van der Waals surface area contributed by atoms with Crippen LogP contribution in [0, 0.1) is 5.41 Å². The molecule has 0 aliphatic rings. The zero-order valence-electron chi connectivity index (χ0n) is 7.81. The van der Waals surface area contributed by atoms with Gasteiger partial charge in [-0.25, -0.2) is 0 Å². The molecular formula is C9H19N. The van der Waals surface area contributed by atoms with Gasteiger partial charge in [-0.05, 0) is 18.0 Å². The maximum atomic E-state index is 2.24. The monoisotopic (exact) mass is 141 g/mol. The van der Waals surface area contributed by atoms with Gasteiger partial charge in [0, 0.05) is 14.1 Å². The Morgan fingerprint density at radius 2 is 1.70 bits per heavy atom. The number of nitrogens with zero attached hydrogens (tertiary/aromatic N) is 1. The Labute approximate surface area is 64.7 Å². The predicted molar refractivity (Wildman–Crippen MR) is 46.9 cm³/mol. The third kappa shape index (κ3) is 7.54. The van der Waals surface area contributed by atoms with Crippen molar-refractivity contribution in [1.82, 2.24) is 4.90 Å². The maximum Gasteiger partial charge on any atom is 0.00555 e. The third-order valence-corrected chi connectivity index (χ3v) is 1.13. The van der Waals surface area contributed by atoms with Gasteiger partial charge in [-0.2, -0.15) is 0 Å². The molecule has 1 nitrogen and oxygen atoms in total. The van der Waals surface area contributed by atoms with E-state index in [0.29, 0.717) is 5.41 Å². The van der Waals surface area contributed by atoms with Gasteiger partial charge in [0.1, 0.15) is 0 Å². The first kappa shape index (κ1) is 9.54. The van der Waals surface area contributed by atoms with E-state index < -0.39 is 0 Å². The van der Waals surface area contributed by atoms with Gasteiger partial charge >= 0.3 is 0 Å². The SMILES string of the molecule is CN(C)C=CCC(C)(C)C. The summed E-state index contributed by atoms with van der Waals surface area (Å²) in [4.78, 5) is 2.06. The molecule has 10 heavy (non-hydrogen) atoms. The van der Waals surface area contributed by atoms with Crippen molar-refractivity contribution in [3.05, 3.63) is 12.3 Å². The standard InChI is InChI=1S/C9H19N/c1-9(2,3)7-6-8-10(4)5/h6,8H,7H2,1-5H3. The fraction of sp³-hybridized carbons (Fsp3) is 0.778. The van der Waals surface area contributed by atoms with Crippen LogP contribution in [0.15, 0.2) is 12.3 Å². The summed E-state index contributed by atoms with van der Waals surface area (Å²) >= 11 is 0. The molecule has 0 aromatic heterocycles. The van der Waals surface area contributed by atoms with Crippen LogP contribution in [-0.2, 0) is 0 Å². The lowest BCUT2D eigenvalue weighted by atomic mass is 9.92. The van der Waals surface area contributed by atoms with Crippen molar-refractivity contribution < 1.29 is 0 Å². The van der Waals surface area contributed by atoms with Crippen LogP contribution in [-0.4, -0.2) is 19.0 Å². The van der Waals surface area contributed by atoms with Crippen molar-refractivity contribution in [2.75, 3.05) is 14.1 Å². The molecule has 0 bridgehead atoms. The fourth-order valence-electron chi connectivity index (χ4n) is 0.617. The Hall–Kier alpha value is -0.460. The summed E-state index contributed by atoms with van der Waals surface area (Å²) in [6.07, 6.45) is 5.45. The summed E-state index contributed by atoms with van der Waals surface area (Å²) in [6.45, 7) is 6.73. The van der Waals surface area contributed by atoms with Crippen molar-refractivity contribution in [1.29, 1.82) is 0 Å². The van der Waals surface area contributed by atoms with Gasteiger partial charge in [0.05, 0.1) is 0 Å². The fourth-order valence-corrected chi connectivity index (χ4v) is 0.617. The molecule has 0 aromatic rings. The molecular weight excluding hydrogens is 122 g/mol. The summed E-state index contributed by atoms with van der Waals surface area (Å²) in [5.41, 5.74) is 0.423. The highest BCUT2D eigenvalue weighted by atomic mass is 15.0. The normalized spacial score (nSPS) is 12.5. The van der Waals surface area contributed by atoms with E-state index in [4.69, 9.17) is 0 Å². The molecule has 1 heteroatoms. The van der Waals surface area contributed by atoms with E-state index in [1.54, 1.807) is 0 Å². The first-order valence-electron chi connectivity index (χ1n) is 3.75. The molecule has 0 N–H and O–H groups in total. The Bertz CT molecular complexity index is 106. The highest BCUT2D eigenvalue weighted by Gasteiger charge is 2.05. The molecule has 0 radical (unpaired) electrons. The molecule has 0 saturated heterocycles. The Balaban J connectivity index is 3.54. The smallest absolute Gasteiger partial charge is 0.00555 e. The van der Waals surface area contributed by atoms with Gasteiger partial charge in [-0.15, -0.1) is 0 Å². The van der Waals surface area contributed by atoms with Crippen LogP contribution in [0.5, 0.6) is 0 Å².